The number of nitrogens with zero attached hydrogens (tertiary/aromatic N) is 2. The van der Waals surface area contributed by atoms with Crippen LogP contribution in [0.5, 0.6) is 0 Å². The molecule has 0 spiro atoms. The van der Waals surface area contributed by atoms with Crippen molar-refractivity contribution in [3.63, 3.8) is 0 Å². The molecule has 2 atom stereocenters. The zero-order valence-electron chi connectivity index (χ0n) is 7.22. The molecule has 15 heavy (non-hydrogen) atoms. The summed E-state index contributed by atoms with van der Waals surface area (Å²) in [6.45, 7) is 0. The quantitative estimate of drug-likeness (QED) is 0.480. The number of rotatable bonds is 0. The summed E-state index contributed by atoms with van der Waals surface area (Å²) in [6, 6.07) is 1.68. The minimum atomic E-state index is -3.25. The van der Waals surface area contributed by atoms with Gasteiger partial charge in [-0.1, -0.05) is 11.6 Å². The standard InChI is InChI=1S/C9H4Cl2F2N2/c10-7-1-6-5(3-15-7)4(2-14)8(11)9(6,12)13/h1,3,7-8H. The zero-order chi connectivity index (χ0) is 11.2. The van der Waals surface area contributed by atoms with E-state index in [-0.39, 0.29) is 16.7 Å². The van der Waals surface area contributed by atoms with Gasteiger partial charge in [-0.05, 0) is 6.08 Å². The number of alkyl halides is 4. The van der Waals surface area contributed by atoms with E-state index in [0.717, 1.165) is 6.08 Å². The molecule has 2 aliphatic rings. The monoisotopic (exact) mass is 248 g/mol. The van der Waals surface area contributed by atoms with Gasteiger partial charge in [-0.15, -0.1) is 11.6 Å². The van der Waals surface area contributed by atoms with Gasteiger partial charge in [0.05, 0.1) is 11.6 Å². The summed E-state index contributed by atoms with van der Waals surface area (Å²) in [5, 5.41) is 7.10. The van der Waals surface area contributed by atoms with Gasteiger partial charge < -0.3 is 0 Å². The largest absolute Gasteiger partial charge is 0.294 e. The number of halogens is 4. The van der Waals surface area contributed by atoms with Crippen LogP contribution < -0.4 is 0 Å². The Balaban J connectivity index is 2.61. The molecule has 0 aromatic heterocycles. The second-order valence-electron chi connectivity index (χ2n) is 3.16. The topological polar surface area (TPSA) is 36.1 Å². The van der Waals surface area contributed by atoms with Crippen LogP contribution in [0.1, 0.15) is 0 Å². The summed E-state index contributed by atoms with van der Waals surface area (Å²) >= 11 is 11.1. The van der Waals surface area contributed by atoms with E-state index in [9.17, 15) is 8.78 Å². The minimum absolute atomic E-state index is 0.0967. The van der Waals surface area contributed by atoms with Crippen molar-refractivity contribution < 1.29 is 8.78 Å². The highest BCUT2D eigenvalue weighted by atomic mass is 35.5. The van der Waals surface area contributed by atoms with Crippen LogP contribution in [0.3, 0.4) is 0 Å². The van der Waals surface area contributed by atoms with Gasteiger partial charge in [-0.3, -0.25) is 4.99 Å². The first-order chi connectivity index (χ1) is 6.98. The highest BCUT2D eigenvalue weighted by molar-refractivity contribution is 6.26. The molecule has 0 amide bonds. The van der Waals surface area contributed by atoms with Gasteiger partial charge in [0.2, 0.25) is 0 Å². The summed E-state index contributed by atoms with van der Waals surface area (Å²) < 4.78 is 27.1. The Kier molecular flexibility index (Phi) is 2.32. The van der Waals surface area contributed by atoms with Crippen molar-refractivity contribution >= 4 is 29.4 Å². The van der Waals surface area contributed by atoms with Crippen molar-refractivity contribution in [2.75, 3.05) is 0 Å². The van der Waals surface area contributed by atoms with E-state index in [1.54, 1.807) is 6.07 Å². The van der Waals surface area contributed by atoms with Crippen LogP contribution in [0.15, 0.2) is 27.8 Å². The number of aliphatic imine (C=N–C) groups is 1. The highest BCUT2D eigenvalue weighted by Crippen LogP contribution is 2.47. The van der Waals surface area contributed by atoms with E-state index in [4.69, 9.17) is 28.5 Å². The first-order valence-corrected chi connectivity index (χ1v) is 4.92. The predicted molar refractivity (Wildman–Crippen MR) is 53.4 cm³/mol. The third-order valence-electron chi connectivity index (χ3n) is 2.28. The second kappa shape index (κ2) is 3.29. The zero-order valence-corrected chi connectivity index (χ0v) is 8.73. The molecule has 78 valence electrons. The molecule has 0 N–H and O–H groups in total. The van der Waals surface area contributed by atoms with Gasteiger partial charge in [0.25, 0.3) is 5.92 Å². The smallest absolute Gasteiger partial charge is 0.269 e. The highest BCUT2D eigenvalue weighted by Gasteiger charge is 2.53. The number of nitriles is 1. The average molecular weight is 249 g/mol. The molecule has 0 aromatic carbocycles. The van der Waals surface area contributed by atoms with Gasteiger partial charge >= 0.3 is 0 Å². The molecule has 1 aliphatic carbocycles. The molecule has 0 saturated carbocycles. The van der Waals surface area contributed by atoms with Gasteiger partial charge in [0.1, 0.15) is 10.9 Å². The molecule has 0 aromatic rings. The first kappa shape index (κ1) is 10.6. The molecular weight excluding hydrogens is 245 g/mol. The van der Waals surface area contributed by atoms with E-state index in [0.29, 0.717) is 0 Å². The lowest BCUT2D eigenvalue weighted by molar-refractivity contribution is 0.0566. The number of hydrogen-bond donors (Lipinski definition) is 0. The van der Waals surface area contributed by atoms with Gasteiger partial charge in [0.15, 0.2) is 0 Å². The summed E-state index contributed by atoms with van der Waals surface area (Å²) in [6.07, 6.45) is 2.30. The third-order valence-corrected chi connectivity index (χ3v) is 3.01. The SMILES string of the molecule is N#CC1=C2C=NC(Cl)C=C2C(F)(F)C1Cl. The van der Waals surface area contributed by atoms with Crippen LogP contribution in [-0.4, -0.2) is 23.0 Å². The van der Waals surface area contributed by atoms with Crippen molar-refractivity contribution in [2.24, 2.45) is 4.99 Å². The van der Waals surface area contributed by atoms with Gasteiger partial charge in [-0.2, -0.15) is 14.0 Å². The predicted octanol–water partition coefficient (Wildman–Crippen LogP) is 2.64. The Hall–Kier alpha value is -0.920. The fourth-order valence-electron chi connectivity index (χ4n) is 1.56. The minimum Gasteiger partial charge on any atom is -0.269 e. The second-order valence-corrected chi connectivity index (χ2v) is 4.04. The molecule has 1 aliphatic heterocycles. The summed E-state index contributed by atoms with van der Waals surface area (Å²) in [5.74, 6) is -3.25. The molecule has 2 rings (SSSR count). The fourth-order valence-corrected chi connectivity index (χ4v) is 2.03. The van der Waals surface area contributed by atoms with Crippen molar-refractivity contribution in [2.45, 2.75) is 16.8 Å². The van der Waals surface area contributed by atoms with E-state index < -0.39 is 16.8 Å². The number of dihydropyridines is 1. The van der Waals surface area contributed by atoms with Crippen LogP contribution in [-0.2, 0) is 0 Å². The Morgan fingerprint density at radius 3 is 2.73 bits per heavy atom. The van der Waals surface area contributed by atoms with E-state index in [1.807, 2.05) is 0 Å². The van der Waals surface area contributed by atoms with E-state index >= 15 is 0 Å². The first-order valence-electron chi connectivity index (χ1n) is 4.04. The van der Waals surface area contributed by atoms with Gasteiger partial charge in [0, 0.05) is 17.4 Å². The molecule has 0 bridgehead atoms. The van der Waals surface area contributed by atoms with E-state index in [2.05, 4.69) is 4.99 Å². The van der Waals surface area contributed by atoms with Crippen LogP contribution >= 0.6 is 23.2 Å². The van der Waals surface area contributed by atoms with Crippen molar-refractivity contribution in [1.82, 2.24) is 0 Å². The molecular formula is C9H4Cl2F2N2. The van der Waals surface area contributed by atoms with Gasteiger partial charge in [-0.25, -0.2) is 0 Å². The number of allylic oxidation sites excluding steroid dienone is 3. The van der Waals surface area contributed by atoms with Crippen molar-refractivity contribution in [1.29, 1.82) is 5.26 Å². The Morgan fingerprint density at radius 1 is 1.47 bits per heavy atom. The van der Waals surface area contributed by atoms with Crippen LogP contribution in [0.25, 0.3) is 0 Å². The molecule has 0 saturated heterocycles. The van der Waals surface area contributed by atoms with Crippen molar-refractivity contribution in [3.8, 4) is 6.07 Å². The molecule has 0 radical (unpaired) electrons. The lowest BCUT2D eigenvalue weighted by Crippen LogP contribution is -2.27. The Bertz CT molecular complexity index is 446. The van der Waals surface area contributed by atoms with Crippen LogP contribution in [0, 0.1) is 11.3 Å². The molecule has 0 fully saturated rings. The number of fused-ring (bicyclic) bond motifs is 1. The fraction of sp³-hybridized carbons (Fsp3) is 0.333. The Labute approximate surface area is 94.5 Å². The van der Waals surface area contributed by atoms with Crippen LogP contribution in [0.2, 0.25) is 0 Å². The average Bonchev–Trinajstić information content (AvgIpc) is 2.37. The Morgan fingerprint density at radius 2 is 2.13 bits per heavy atom. The lowest BCUT2D eigenvalue weighted by Gasteiger charge is -2.18. The molecule has 6 heteroatoms. The van der Waals surface area contributed by atoms with Crippen molar-refractivity contribution in [3.05, 3.63) is 22.8 Å². The number of hydrogen-bond acceptors (Lipinski definition) is 2. The summed E-state index contributed by atoms with van der Waals surface area (Å²) in [7, 11) is 0. The van der Waals surface area contributed by atoms with Crippen LogP contribution in [0.4, 0.5) is 8.78 Å². The molecule has 2 nitrogen and oxygen atoms in total. The van der Waals surface area contributed by atoms with E-state index in [1.165, 1.54) is 6.21 Å². The summed E-state index contributed by atoms with van der Waals surface area (Å²) in [4.78, 5) is 3.73. The maximum absolute atomic E-state index is 13.6. The maximum Gasteiger partial charge on any atom is 0.294 e. The lowest BCUT2D eigenvalue weighted by atomic mass is 10.0. The molecule has 1 heterocycles. The normalized spacial score (nSPS) is 32.3. The maximum atomic E-state index is 13.6. The molecule has 2 unspecified atom stereocenters. The summed E-state index contributed by atoms with van der Waals surface area (Å²) in [5.41, 5.74) is -1.18. The third kappa shape index (κ3) is 1.38.